The van der Waals surface area contributed by atoms with Gasteiger partial charge in [-0.3, -0.25) is 4.79 Å². The lowest BCUT2D eigenvalue weighted by molar-refractivity contribution is -0.132. The van der Waals surface area contributed by atoms with Crippen molar-refractivity contribution in [3.8, 4) is 0 Å². The molecule has 0 fully saturated rings. The summed E-state index contributed by atoms with van der Waals surface area (Å²) in [5.41, 5.74) is 4.23. The van der Waals surface area contributed by atoms with E-state index < -0.39 is 0 Å². The first-order valence-electron chi connectivity index (χ1n) is 8.35. The van der Waals surface area contributed by atoms with Gasteiger partial charge in [0, 0.05) is 43.2 Å². The summed E-state index contributed by atoms with van der Waals surface area (Å²) in [6.45, 7) is 1.40. The third-order valence-corrected chi connectivity index (χ3v) is 4.56. The zero-order valence-corrected chi connectivity index (χ0v) is 13.5. The summed E-state index contributed by atoms with van der Waals surface area (Å²) in [5, 5.41) is 1.04. The fourth-order valence-electron chi connectivity index (χ4n) is 3.23. The number of nitrogens with zero attached hydrogens (tertiary/aromatic N) is 3. The average molecular weight is 317 g/mol. The number of carbonyl (C=O) groups excluding carboxylic acids is 1. The van der Waals surface area contributed by atoms with E-state index in [2.05, 4.69) is 28.2 Å². The van der Waals surface area contributed by atoms with Crippen molar-refractivity contribution >= 4 is 16.9 Å². The fourth-order valence-corrected chi connectivity index (χ4v) is 3.23. The van der Waals surface area contributed by atoms with Crippen molar-refractivity contribution in [1.82, 2.24) is 14.9 Å². The van der Waals surface area contributed by atoms with Crippen LogP contribution in [0.5, 0.6) is 0 Å². The molecule has 24 heavy (non-hydrogen) atoms. The smallest absolute Gasteiger partial charge is 0.223 e. The largest absolute Gasteiger partial charge is 0.338 e. The molecule has 2 aromatic heterocycles. The average Bonchev–Trinajstić information content (AvgIpc) is 2.64. The maximum atomic E-state index is 12.5. The van der Waals surface area contributed by atoms with Crippen molar-refractivity contribution in [3.05, 3.63) is 71.5 Å². The highest BCUT2D eigenvalue weighted by Gasteiger charge is 2.22. The van der Waals surface area contributed by atoms with Crippen LogP contribution in [0.15, 0.2) is 54.7 Å². The molecule has 0 bridgehead atoms. The first-order chi connectivity index (χ1) is 11.8. The van der Waals surface area contributed by atoms with Crippen LogP contribution in [-0.2, 0) is 24.2 Å². The summed E-state index contributed by atoms with van der Waals surface area (Å²) < 4.78 is 0. The Morgan fingerprint density at radius 1 is 1.12 bits per heavy atom. The normalized spacial score (nSPS) is 13.8. The standard InChI is InChI=1S/C20H19N3O/c24-19(9-8-15-5-2-1-3-6-15)23-12-10-18-17(14-23)13-16-7-4-11-21-20(16)22-18/h1-7,11,13H,8-10,12,14H2. The van der Waals surface area contributed by atoms with Crippen LogP contribution in [0.4, 0.5) is 0 Å². The van der Waals surface area contributed by atoms with Crippen molar-refractivity contribution < 1.29 is 4.79 Å². The van der Waals surface area contributed by atoms with Crippen LogP contribution in [0.3, 0.4) is 0 Å². The highest BCUT2D eigenvalue weighted by molar-refractivity contribution is 5.78. The molecule has 3 heterocycles. The van der Waals surface area contributed by atoms with E-state index in [-0.39, 0.29) is 5.91 Å². The molecule has 120 valence electrons. The molecule has 4 heteroatoms. The van der Waals surface area contributed by atoms with Crippen molar-refractivity contribution in [1.29, 1.82) is 0 Å². The lowest BCUT2D eigenvalue weighted by Gasteiger charge is -2.28. The van der Waals surface area contributed by atoms with Gasteiger partial charge in [0.05, 0.1) is 0 Å². The van der Waals surface area contributed by atoms with Crippen LogP contribution in [0.1, 0.15) is 23.2 Å². The number of fused-ring (bicyclic) bond motifs is 2. The van der Waals surface area contributed by atoms with Gasteiger partial charge in [-0.1, -0.05) is 30.3 Å². The molecule has 0 unspecified atom stereocenters. The lowest BCUT2D eigenvalue weighted by Crippen LogP contribution is -2.36. The van der Waals surface area contributed by atoms with Crippen LogP contribution in [-0.4, -0.2) is 27.3 Å². The molecule has 4 nitrogen and oxygen atoms in total. The van der Waals surface area contributed by atoms with Gasteiger partial charge >= 0.3 is 0 Å². The third-order valence-electron chi connectivity index (χ3n) is 4.56. The van der Waals surface area contributed by atoms with E-state index in [9.17, 15) is 4.79 Å². The number of hydrogen-bond acceptors (Lipinski definition) is 3. The molecule has 0 radical (unpaired) electrons. The van der Waals surface area contributed by atoms with Crippen molar-refractivity contribution in [2.45, 2.75) is 25.8 Å². The topological polar surface area (TPSA) is 46.1 Å². The molecule has 4 rings (SSSR count). The van der Waals surface area contributed by atoms with Gasteiger partial charge < -0.3 is 4.90 Å². The molecule has 0 aliphatic carbocycles. The van der Waals surface area contributed by atoms with Crippen LogP contribution < -0.4 is 0 Å². The zero-order chi connectivity index (χ0) is 16.4. The molecule has 0 spiro atoms. The molecule has 1 aliphatic heterocycles. The van der Waals surface area contributed by atoms with E-state index >= 15 is 0 Å². The second-order valence-corrected chi connectivity index (χ2v) is 6.20. The molecule has 0 saturated carbocycles. The molecule has 1 aromatic carbocycles. The number of rotatable bonds is 3. The van der Waals surface area contributed by atoms with Gasteiger partial charge in [-0.05, 0) is 35.7 Å². The van der Waals surface area contributed by atoms with E-state index in [1.165, 1.54) is 5.56 Å². The van der Waals surface area contributed by atoms with Gasteiger partial charge in [-0.25, -0.2) is 9.97 Å². The Morgan fingerprint density at radius 3 is 2.88 bits per heavy atom. The van der Waals surface area contributed by atoms with Gasteiger partial charge in [0.15, 0.2) is 5.65 Å². The summed E-state index contributed by atoms with van der Waals surface area (Å²) in [4.78, 5) is 23.5. The molecule has 0 saturated heterocycles. The zero-order valence-electron chi connectivity index (χ0n) is 13.5. The van der Waals surface area contributed by atoms with Crippen molar-refractivity contribution in [3.63, 3.8) is 0 Å². The van der Waals surface area contributed by atoms with Crippen LogP contribution in [0, 0.1) is 0 Å². The van der Waals surface area contributed by atoms with E-state index in [4.69, 9.17) is 0 Å². The molecule has 0 N–H and O–H groups in total. The second kappa shape index (κ2) is 6.40. The molecule has 1 aliphatic rings. The number of carbonyl (C=O) groups is 1. The lowest BCUT2D eigenvalue weighted by atomic mass is 10.0. The number of aryl methyl sites for hydroxylation is 1. The molecular formula is C20H19N3O. The molecule has 0 atom stereocenters. The van der Waals surface area contributed by atoms with Gasteiger partial charge in [-0.15, -0.1) is 0 Å². The Hall–Kier alpha value is -2.75. The monoisotopic (exact) mass is 317 g/mol. The Kier molecular flexibility index (Phi) is 3.95. The Balaban J connectivity index is 1.47. The summed E-state index contributed by atoms with van der Waals surface area (Å²) in [6.07, 6.45) is 3.92. The molecular weight excluding hydrogens is 298 g/mol. The van der Waals surface area contributed by atoms with Crippen molar-refractivity contribution in [2.24, 2.45) is 0 Å². The minimum Gasteiger partial charge on any atom is -0.338 e. The van der Waals surface area contributed by atoms with E-state index in [1.807, 2.05) is 35.2 Å². The fraction of sp³-hybridized carbons (Fsp3) is 0.250. The first kappa shape index (κ1) is 14.8. The van der Waals surface area contributed by atoms with Gasteiger partial charge in [-0.2, -0.15) is 0 Å². The van der Waals surface area contributed by atoms with Crippen LogP contribution in [0.25, 0.3) is 11.0 Å². The Morgan fingerprint density at radius 2 is 2.00 bits per heavy atom. The number of amides is 1. The highest BCUT2D eigenvalue weighted by Crippen LogP contribution is 2.22. The van der Waals surface area contributed by atoms with Gasteiger partial charge in [0.1, 0.15) is 0 Å². The minimum absolute atomic E-state index is 0.218. The van der Waals surface area contributed by atoms with Gasteiger partial charge in [0.2, 0.25) is 5.91 Å². The third kappa shape index (κ3) is 3.00. The Labute approximate surface area is 141 Å². The summed E-state index contributed by atoms with van der Waals surface area (Å²) in [7, 11) is 0. The van der Waals surface area contributed by atoms with E-state index in [1.54, 1.807) is 6.20 Å². The maximum Gasteiger partial charge on any atom is 0.223 e. The maximum absolute atomic E-state index is 12.5. The molecule has 1 amide bonds. The first-order valence-corrected chi connectivity index (χ1v) is 8.35. The summed E-state index contributed by atoms with van der Waals surface area (Å²) in [5.74, 6) is 0.218. The summed E-state index contributed by atoms with van der Waals surface area (Å²) >= 11 is 0. The SMILES string of the molecule is O=C(CCc1ccccc1)N1CCc2nc3ncccc3cc2C1. The highest BCUT2D eigenvalue weighted by atomic mass is 16.2. The minimum atomic E-state index is 0.218. The van der Waals surface area contributed by atoms with E-state index in [0.29, 0.717) is 13.0 Å². The van der Waals surface area contributed by atoms with E-state index in [0.717, 1.165) is 41.7 Å². The van der Waals surface area contributed by atoms with Crippen LogP contribution in [0.2, 0.25) is 0 Å². The second-order valence-electron chi connectivity index (χ2n) is 6.20. The predicted molar refractivity (Wildman–Crippen MR) is 93.4 cm³/mol. The number of benzene rings is 1. The number of aromatic nitrogens is 2. The van der Waals surface area contributed by atoms with Crippen molar-refractivity contribution in [2.75, 3.05) is 6.54 Å². The number of hydrogen-bond donors (Lipinski definition) is 0. The predicted octanol–water partition coefficient (Wildman–Crippen LogP) is 3.15. The molecule has 3 aromatic rings. The van der Waals surface area contributed by atoms with Gasteiger partial charge in [0.25, 0.3) is 0 Å². The summed E-state index contributed by atoms with van der Waals surface area (Å²) in [6, 6.07) is 16.2. The quantitative estimate of drug-likeness (QED) is 0.745. The Bertz CT molecular complexity index is 876. The number of pyridine rings is 2. The van der Waals surface area contributed by atoms with Crippen LogP contribution >= 0.6 is 0 Å².